The van der Waals surface area contributed by atoms with Crippen molar-refractivity contribution in [2.24, 2.45) is 0 Å². The molecule has 0 bridgehead atoms. The van der Waals surface area contributed by atoms with Crippen LogP contribution < -0.4 is 0 Å². The molecule has 0 aliphatic carbocycles. The number of hydrogen-bond acceptors (Lipinski definition) is 3. The minimum atomic E-state index is -0.207. The lowest BCUT2D eigenvalue weighted by atomic mass is 10.1. The van der Waals surface area contributed by atoms with Crippen LogP contribution in [0.5, 0.6) is 5.75 Å². The smallest absolute Gasteiger partial charge is 0.254 e. The molecule has 0 saturated carbocycles. The van der Waals surface area contributed by atoms with Gasteiger partial charge < -0.3 is 10.0 Å². The van der Waals surface area contributed by atoms with Gasteiger partial charge in [0.15, 0.2) is 0 Å². The van der Waals surface area contributed by atoms with Crippen molar-refractivity contribution in [3.63, 3.8) is 0 Å². The maximum Gasteiger partial charge on any atom is 0.254 e. The lowest BCUT2D eigenvalue weighted by Gasteiger charge is -2.24. The van der Waals surface area contributed by atoms with Gasteiger partial charge in [-0.05, 0) is 79.4 Å². The molecule has 1 amide bonds. The van der Waals surface area contributed by atoms with E-state index in [-0.39, 0.29) is 11.7 Å². The molecule has 3 rings (SSSR count). The Kier molecular flexibility index (Phi) is 6.99. The summed E-state index contributed by atoms with van der Waals surface area (Å²) < 4.78 is 0.856. The number of halogens is 4. The molecule has 1 heterocycles. The lowest BCUT2D eigenvalue weighted by molar-refractivity contribution is 0.0729. The van der Waals surface area contributed by atoms with E-state index in [1.54, 1.807) is 47.6 Å². The third-order valence-corrected chi connectivity index (χ3v) is 5.59. The molecule has 0 atom stereocenters. The molecule has 1 aromatic heterocycles. The molecule has 0 spiro atoms. The van der Waals surface area contributed by atoms with Crippen LogP contribution in [0.4, 0.5) is 0 Å². The maximum atomic E-state index is 13.3. The van der Waals surface area contributed by atoms with E-state index in [2.05, 4.69) is 36.8 Å². The van der Waals surface area contributed by atoms with Crippen molar-refractivity contribution in [2.75, 3.05) is 0 Å². The Morgan fingerprint density at radius 1 is 1.00 bits per heavy atom. The Morgan fingerprint density at radius 3 is 2.18 bits per heavy atom. The fourth-order valence-electron chi connectivity index (χ4n) is 2.71. The zero-order valence-electron chi connectivity index (χ0n) is 14.4. The molecule has 0 aliphatic heterocycles. The van der Waals surface area contributed by atoms with Gasteiger partial charge in [0.25, 0.3) is 5.91 Å². The van der Waals surface area contributed by atoms with Gasteiger partial charge in [0.05, 0.1) is 8.95 Å². The highest BCUT2D eigenvalue weighted by Gasteiger charge is 2.20. The molecule has 8 heteroatoms. The summed E-state index contributed by atoms with van der Waals surface area (Å²) in [5.74, 6) is -0.168. The number of aromatic nitrogens is 1. The van der Waals surface area contributed by atoms with Crippen molar-refractivity contribution in [2.45, 2.75) is 13.1 Å². The molecule has 0 aliphatic rings. The van der Waals surface area contributed by atoms with Crippen LogP contribution in [0, 0.1) is 0 Å². The second-order valence-corrected chi connectivity index (χ2v) is 8.67. The number of hydrogen-bond donors (Lipinski definition) is 1. The monoisotopic (exact) mass is 542 g/mol. The molecule has 2 aromatic carbocycles. The molecule has 0 saturated heterocycles. The predicted molar refractivity (Wildman–Crippen MR) is 118 cm³/mol. The Balaban J connectivity index is 1.96. The number of rotatable bonds is 5. The second kappa shape index (κ2) is 9.27. The molecule has 28 heavy (non-hydrogen) atoms. The van der Waals surface area contributed by atoms with Crippen LogP contribution in [0.15, 0.2) is 63.8 Å². The van der Waals surface area contributed by atoms with Gasteiger partial charge in [0.2, 0.25) is 0 Å². The molecular weight excluding hydrogens is 531 g/mol. The number of carbonyl (C=O) groups is 1. The standard InChI is InChI=1S/C20H14Br2Cl2N2O2/c21-17-6-14(7-18(22)19(17)27)20(28)26(10-12-2-1-3-25-9-12)11-13-4-15(23)8-16(24)5-13/h1-9,27H,10-11H2. The number of pyridine rings is 1. The first-order chi connectivity index (χ1) is 13.3. The first-order valence-electron chi connectivity index (χ1n) is 8.14. The van der Waals surface area contributed by atoms with E-state index in [0.717, 1.165) is 11.1 Å². The van der Waals surface area contributed by atoms with Crippen molar-refractivity contribution in [3.8, 4) is 5.75 Å². The molecular formula is C20H14Br2Cl2N2O2. The first-order valence-corrected chi connectivity index (χ1v) is 10.5. The fraction of sp³-hybridized carbons (Fsp3) is 0.100. The highest BCUT2D eigenvalue weighted by molar-refractivity contribution is 9.11. The third-order valence-electron chi connectivity index (χ3n) is 3.94. The SMILES string of the molecule is O=C(c1cc(Br)c(O)c(Br)c1)N(Cc1cccnc1)Cc1cc(Cl)cc(Cl)c1. The van der Waals surface area contributed by atoms with Gasteiger partial charge in [-0.3, -0.25) is 9.78 Å². The summed E-state index contributed by atoms with van der Waals surface area (Å²) in [5, 5.41) is 10.9. The summed E-state index contributed by atoms with van der Waals surface area (Å²) in [6, 6.07) is 12.1. The summed E-state index contributed by atoms with van der Waals surface area (Å²) in [6.07, 6.45) is 3.40. The van der Waals surface area contributed by atoms with Crippen LogP contribution in [-0.2, 0) is 13.1 Å². The van der Waals surface area contributed by atoms with Gasteiger partial charge >= 0.3 is 0 Å². The number of nitrogens with zero attached hydrogens (tertiary/aromatic N) is 2. The number of benzene rings is 2. The van der Waals surface area contributed by atoms with Crippen LogP contribution >= 0.6 is 55.1 Å². The first kappa shape index (κ1) is 21.1. The van der Waals surface area contributed by atoms with Crippen molar-refractivity contribution >= 4 is 61.0 Å². The Morgan fingerprint density at radius 2 is 1.61 bits per heavy atom. The van der Waals surface area contributed by atoms with Gasteiger partial charge in [0.1, 0.15) is 5.75 Å². The number of phenols is 1. The summed E-state index contributed by atoms with van der Waals surface area (Å²) in [6.45, 7) is 0.664. The number of amides is 1. The molecule has 0 fully saturated rings. The van der Waals surface area contributed by atoms with Crippen molar-refractivity contribution in [3.05, 3.63) is 90.5 Å². The molecule has 0 radical (unpaired) electrons. The van der Waals surface area contributed by atoms with Crippen molar-refractivity contribution in [1.82, 2.24) is 9.88 Å². The topological polar surface area (TPSA) is 53.4 Å². The van der Waals surface area contributed by atoms with Gasteiger partial charge in [-0.2, -0.15) is 0 Å². The Bertz CT molecular complexity index is 973. The fourth-order valence-corrected chi connectivity index (χ4v) is 4.46. The second-order valence-electron chi connectivity index (χ2n) is 6.09. The minimum absolute atomic E-state index is 0.0389. The van der Waals surface area contributed by atoms with E-state index in [1.807, 2.05) is 12.1 Å². The average molecular weight is 545 g/mol. The molecule has 4 nitrogen and oxygen atoms in total. The predicted octanol–water partition coefficient (Wildman–Crippen LogP) is 6.46. The van der Waals surface area contributed by atoms with Crippen LogP contribution in [-0.4, -0.2) is 20.9 Å². The van der Waals surface area contributed by atoms with Gasteiger partial charge in [0, 0.05) is 41.1 Å². The van der Waals surface area contributed by atoms with E-state index in [1.165, 1.54) is 0 Å². The molecule has 144 valence electrons. The van der Waals surface area contributed by atoms with Crippen LogP contribution in [0.2, 0.25) is 10.0 Å². The van der Waals surface area contributed by atoms with Crippen LogP contribution in [0.3, 0.4) is 0 Å². The Labute approximate surface area is 189 Å². The van der Waals surface area contributed by atoms with Crippen LogP contribution in [0.1, 0.15) is 21.5 Å². The minimum Gasteiger partial charge on any atom is -0.506 e. The largest absolute Gasteiger partial charge is 0.506 e. The lowest BCUT2D eigenvalue weighted by Crippen LogP contribution is -2.30. The van der Waals surface area contributed by atoms with E-state index < -0.39 is 0 Å². The van der Waals surface area contributed by atoms with Crippen molar-refractivity contribution < 1.29 is 9.90 Å². The Hall–Kier alpha value is -1.60. The van der Waals surface area contributed by atoms with Crippen LogP contribution in [0.25, 0.3) is 0 Å². The number of phenolic OH excluding ortho intramolecular Hbond substituents is 1. The van der Waals surface area contributed by atoms with E-state index in [4.69, 9.17) is 23.2 Å². The van der Waals surface area contributed by atoms with Gasteiger partial charge in [-0.15, -0.1) is 0 Å². The summed E-state index contributed by atoms with van der Waals surface area (Å²) in [5.41, 5.74) is 2.13. The normalized spacial score (nSPS) is 10.7. The van der Waals surface area contributed by atoms with E-state index >= 15 is 0 Å². The number of aromatic hydroxyl groups is 1. The summed E-state index contributed by atoms with van der Waals surface area (Å²) in [4.78, 5) is 19.0. The maximum absolute atomic E-state index is 13.3. The van der Waals surface area contributed by atoms with E-state index in [0.29, 0.717) is 37.6 Å². The van der Waals surface area contributed by atoms with Gasteiger partial charge in [-0.25, -0.2) is 0 Å². The zero-order chi connectivity index (χ0) is 20.3. The highest BCUT2D eigenvalue weighted by Crippen LogP contribution is 2.34. The molecule has 0 unspecified atom stereocenters. The van der Waals surface area contributed by atoms with Gasteiger partial charge in [-0.1, -0.05) is 29.3 Å². The van der Waals surface area contributed by atoms with Crippen molar-refractivity contribution in [1.29, 1.82) is 0 Å². The van der Waals surface area contributed by atoms with E-state index in [9.17, 15) is 9.90 Å². The molecule has 1 N–H and O–H groups in total. The summed E-state index contributed by atoms with van der Waals surface area (Å²) in [7, 11) is 0. The average Bonchev–Trinajstić information content (AvgIpc) is 2.64. The number of carbonyl (C=O) groups excluding carboxylic acids is 1. The molecule has 3 aromatic rings. The highest BCUT2D eigenvalue weighted by atomic mass is 79.9. The zero-order valence-corrected chi connectivity index (χ0v) is 19.1. The summed E-state index contributed by atoms with van der Waals surface area (Å²) >= 11 is 18.8. The quantitative estimate of drug-likeness (QED) is 0.401. The third kappa shape index (κ3) is 5.26.